The van der Waals surface area contributed by atoms with Crippen molar-refractivity contribution in [1.82, 2.24) is 5.32 Å². The van der Waals surface area contributed by atoms with Crippen LogP contribution in [-0.4, -0.2) is 13.2 Å². The van der Waals surface area contributed by atoms with E-state index in [9.17, 15) is 0 Å². The molecule has 2 aromatic rings. The second-order valence-corrected chi connectivity index (χ2v) is 5.87. The van der Waals surface area contributed by atoms with Crippen molar-refractivity contribution in [3.05, 3.63) is 58.5 Å². The first kappa shape index (κ1) is 16.3. The molecule has 21 heavy (non-hydrogen) atoms. The molecule has 1 aromatic heterocycles. The molecule has 2 rings (SSSR count). The van der Waals surface area contributed by atoms with Gasteiger partial charge in [0.25, 0.3) is 0 Å². The maximum absolute atomic E-state index is 5.57. The van der Waals surface area contributed by atoms with Crippen LogP contribution in [0.2, 0.25) is 0 Å². The first-order valence-electron chi connectivity index (χ1n) is 7.38. The van der Waals surface area contributed by atoms with Gasteiger partial charge in [-0.3, -0.25) is 0 Å². The third kappa shape index (κ3) is 5.65. The molecule has 1 atom stereocenters. The standard InChI is InChI=1S/C17H22BrNO2/c1-2-17(14-6-8-15(18)9-7-14)19-10-4-11-20-13-16-5-3-12-21-16/h3,5-9,12,17,19H,2,4,10-11,13H2,1H3. The minimum absolute atomic E-state index is 0.406. The number of rotatable bonds is 9. The largest absolute Gasteiger partial charge is 0.467 e. The van der Waals surface area contributed by atoms with Crippen molar-refractivity contribution in [3.63, 3.8) is 0 Å². The predicted molar refractivity (Wildman–Crippen MR) is 88.2 cm³/mol. The molecule has 0 amide bonds. The Hall–Kier alpha value is -1.10. The molecule has 1 aromatic carbocycles. The number of halogens is 1. The number of nitrogens with one attached hydrogen (secondary N) is 1. The summed E-state index contributed by atoms with van der Waals surface area (Å²) in [6.07, 6.45) is 3.74. The van der Waals surface area contributed by atoms with Gasteiger partial charge in [-0.1, -0.05) is 35.0 Å². The summed E-state index contributed by atoms with van der Waals surface area (Å²) in [7, 11) is 0. The fourth-order valence-corrected chi connectivity index (χ4v) is 2.48. The maximum Gasteiger partial charge on any atom is 0.129 e. The van der Waals surface area contributed by atoms with E-state index in [1.54, 1.807) is 6.26 Å². The molecule has 0 spiro atoms. The van der Waals surface area contributed by atoms with Gasteiger partial charge in [0, 0.05) is 17.1 Å². The van der Waals surface area contributed by atoms with Gasteiger partial charge in [-0.05, 0) is 49.2 Å². The van der Waals surface area contributed by atoms with E-state index in [-0.39, 0.29) is 0 Å². The van der Waals surface area contributed by atoms with Crippen LogP contribution in [0.3, 0.4) is 0 Å². The molecule has 0 bridgehead atoms. The van der Waals surface area contributed by atoms with E-state index in [2.05, 4.69) is 52.4 Å². The van der Waals surface area contributed by atoms with E-state index in [0.29, 0.717) is 12.6 Å². The van der Waals surface area contributed by atoms with Crippen molar-refractivity contribution < 1.29 is 9.15 Å². The molecule has 0 aliphatic rings. The first-order chi connectivity index (χ1) is 10.3. The lowest BCUT2D eigenvalue weighted by Crippen LogP contribution is -2.22. The van der Waals surface area contributed by atoms with Gasteiger partial charge in [-0.25, -0.2) is 0 Å². The van der Waals surface area contributed by atoms with Gasteiger partial charge >= 0.3 is 0 Å². The quantitative estimate of drug-likeness (QED) is 0.665. The van der Waals surface area contributed by atoms with E-state index in [1.165, 1.54) is 5.56 Å². The summed E-state index contributed by atoms with van der Waals surface area (Å²) in [5.41, 5.74) is 1.33. The van der Waals surface area contributed by atoms with E-state index < -0.39 is 0 Å². The smallest absolute Gasteiger partial charge is 0.129 e. The number of ether oxygens (including phenoxy) is 1. The first-order valence-corrected chi connectivity index (χ1v) is 8.18. The number of hydrogen-bond donors (Lipinski definition) is 1. The highest BCUT2D eigenvalue weighted by Gasteiger charge is 2.07. The van der Waals surface area contributed by atoms with Crippen molar-refractivity contribution in [2.75, 3.05) is 13.2 Å². The van der Waals surface area contributed by atoms with E-state index in [0.717, 1.165) is 36.2 Å². The summed E-state index contributed by atoms with van der Waals surface area (Å²) in [6, 6.07) is 12.7. The second-order valence-electron chi connectivity index (χ2n) is 4.95. The average molecular weight is 352 g/mol. The molecule has 1 unspecified atom stereocenters. The number of furan rings is 1. The lowest BCUT2D eigenvalue weighted by atomic mass is 10.0. The Labute approximate surface area is 134 Å². The molecule has 0 fully saturated rings. The Balaban J connectivity index is 1.63. The third-order valence-corrected chi connectivity index (χ3v) is 3.89. The minimum Gasteiger partial charge on any atom is -0.467 e. The van der Waals surface area contributed by atoms with Crippen LogP contribution in [0.1, 0.15) is 37.1 Å². The Morgan fingerprint density at radius 3 is 2.71 bits per heavy atom. The van der Waals surface area contributed by atoms with Gasteiger partial charge in [0.1, 0.15) is 12.4 Å². The zero-order valence-corrected chi connectivity index (χ0v) is 13.9. The van der Waals surface area contributed by atoms with Crippen molar-refractivity contribution in [2.45, 2.75) is 32.4 Å². The monoisotopic (exact) mass is 351 g/mol. The van der Waals surface area contributed by atoms with E-state index >= 15 is 0 Å². The van der Waals surface area contributed by atoms with Gasteiger partial charge in [0.2, 0.25) is 0 Å². The minimum atomic E-state index is 0.406. The van der Waals surface area contributed by atoms with E-state index in [1.807, 2.05) is 12.1 Å². The van der Waals surface area contributed by atoms with Crippen LogP contribution in [0.25, 0.3) is 0 Å². The van der Waals surface area contributed by atoms with Crippen LogP contribution in [0, 0.1) is 0 Å². The van der Waals surface area contributed by atoms with Gasteiger partial charge in [0.05, 0.1) is 6.26 Å². The molecule has 0 aliphatic heterocycles. The summed E-state index contributed by atoms with van der Waals surface area (Å²) >= 11 is 3.47. The number of hydrogen-bond acceptors (Lipinski definition) is 3. The van der Waals surface area contributed by atoms with Crippen LogP contribution in [0.15, 0.2) is 51.6 Å². The molecule has 0 saturated heterocycles. The fraction of sp³-hybridized carbons (Fsp3) is 0.412. The van der Waals surface area contributed by atoms with Gasteiger partial charge in [0.15, 0.2) is 0 Å². The molecule has 0 radical (unpaired) electrons. The molecule has 114 valence electrons. The van der Waals surface area contributed by atoms with Crippen LogP contribution >= 0.6 is 15.9 Å². The van der Waals surface area contributed by atoms with Gasteiger partial charge < -0.3 is 14.5 Å². The highest BCUT2D eigenvalue weighted by molar-refractivity contribution is 9.10. The van der Waals surface area contributed by atoms with Crippen molar-refractivity contribution in [1.29, 1.82) is 0 Å². The zero-order valence-electron chi connectivity index (χ0n) is 12.3. The molecular weight excluding hydrogens is 330 g/mol. The normalized spacial score (nSPS) is 12.5. The third-order valence-electron chi connectivity index (χ3n) is 3.36. The van der Waals surface area contributed by atoms with Gasteiger partial charge in [-0.2, -0.15) is 0 Å². The molecule has 1 N–H and O–H groups in total. The highest BCUT2D eigenvalue weighted by atomic mass is 79.9. The van der Waals surface area contributed by atoms with E-state index in [4.69, 9.17) is 9.15 Å². The Kier molecular flexibility index (Phi) is 7.00. The molecule has 1 heterocycles. The summed E-state index contributed by atoms with van der Waals surface area (Å²) in [6.45, 7) is 4.45. The summed E-state index contributed by atoms with van der Waals surface area (Å²) in [4.78, 5) is 0. The second kappa shape index (κ2) is 9.03. The SMILES string of the molecule is CCC(NCCCOCc1ccco1)c1ccc(Br)cc1. The topological polar surface area (TPSA) is 34.4 Å². The van der Waals surface area contributed by atoms with Crippen LogP contribution in [0.5, 0.6) is 0 Å². The zero-order chi connectivity index (χ0) is 14.9. The van der Waals surface area contributed by atoms with Crippen molar-refractivity contribution >= 4 is 15.9 Å². The molecule has 4 heteroatoms. The Bertz CT molecular complexity index is 496. The summed E-state index contributed by atoms with van der Waals surface area (Å²) in [5, 5.41) is 3.58. The average Bonchev–Trinajstić information content (AvgIpc) is 3.01. The summed E-state index contributed by atoms with van der Waals surface area (Å²) in [5.74, 6) is 0.879. The molecular formula is C17H22BrNO2. The maximum atomic E-state index is 5.57. The summed E-state index contributed by atoms with van der Waals surface area (Å²) < 4.78 is 11.9. The molecule has 0 saturated carbocycles. The lowest BCUT2D eigenvalue weighted by Gasteiger charge is -2.17. The Morgan fingerprint density at radius 2 is 2.05 bits per heavy atom. The van der Waals surface area contributed by atoms with Crippen LogP contribution in [-0.2, 0) is 11.3 Å². The Morgan fingerprint density at radius 1 is 1.24 bits per heavy atom. The number of benzene rings is 1. The molecule has 0 aliphatic carbocycles. The van der Waals surface area contributed by atoms with Crippen molar-refractivity contribution in [3.8, 4) is 0 Å². The predicted octanol–water partition coefficient (Wildman–Crippen LogP) is 4.69. The molecule has 3 nitrogen and oxygen atoms in total. The van der Waals surface area contributed by atoms with Gasteiger partial charge in [-0.15, -0.1) is 0 Å². The van der Waals surface area contributed by atoms with Crippen molar-refractivity contribution in [2.24, 2.45) is 0 Å². The fourth-order valence-electron chi connectivity index (χ4n) is 2.21. The highest BCUT2D eigenvalue weighted by Crippen LogP contribution is 2.19. The lowest BCUT2D eigenvalue weighted by molar-refractivity contribution is 0.103. The van der Waals surface area contributed by atoms with Crippen LogP contribution < -0.4 is 5.32 Å². The van der Waals surface area contributed by atoms with Crippen LogP contribution in [0.4, 0.5) is 0 Å².